The van der Waals surface area contributed by atoms with Gasteiger partial charge in [-0.15, -0.1) is 0 Å². The SMILES string of the molecule is NC(=NCCc1ncon1)NC1CC1. The zero-order chi connectivity index (χ0) is 9.80. The molecule has 0 atom stereocenters. The Kier molecular flexibility index (Phi) is 2.62. The fraction of sp³-hybridized carbons (Fsp3) is 0.625. The highest BCUT2D eigenvalue weighted by atomic mass is 16.5. The lowest BCUT2D eigenvalue weighted by atomic mass is 10.4. The maximum Gasteiger partial charge on any atom is 0.213 e. The summed E-state index contributed by atoms with van der Waals surface area (Å²) in [5.74, 6) is 1.17. The molecule has 6 heteroatoms. The Hall–Kier alpha value is -1.59. The van der Waals surface area contributed by atoms with Crippen LogP contribution in [0.4, 0.5) is 0 Å². The van der Waals surface area contributed by atoms with Gasteiger partial charge in [0.15, 0.2) is 11.8 Å². The van der Waals surface area contributed by atoms with E-state index in [9.17, 15) is 0 Å². The van der Waals surface area contributed by atoms with E-state index in [4.69, 9.17) is 5.73 Å². The van der Waals surface area contributed by atoms with Gasteiger partial charge in [-0.3, -0.25) is 4.99 Å². The van der Waals surface area contributed by atoms with E-state index in [1.165, 1.54) is 19.2 Å². The van der Waals surface area contributed by atoms with Crippen molar-refractivity contribution in [2.75, 3.05) is 6.54 Å². The van der Waals surface area contributed by atoms with Crippen molar-refractivity contribution in [1.82, 2.24) is 15.5 Å². The van der Waals surface area contributed by atoms with E-state index in [1.807, 2.05) is 0 Å². The first-order chi connectivity index (χ1) is 6.84. The molecule has 2 rings (SSSR count). The summed E-state index contributed by atoms with van der Waals surface area (Å²) >= 11 is 0. The van der Waals surface area contributed by atoms with Crippen LogP contribution in [0.3, 0.4) is 0 Å². The first-order valence-electron chi connectivity index (χ1n) is 4.66. The van der Waals surface area contributed by atoms with Crippen molar-refractivity contribution in [3.8, 4) is 0 Å². The fourth-order valence-electron chi connectivity index (χ4n) is 1.06. The number of nitrogens with zero attached hydrogens (tertiary/aromatic N) is 3. The highest BCUT2D eigenvalue weighted by Crippen LogP contribution is 2.17. The van der Waals surface area contributed by atoms with Gasteiger partial charge in [-0.05, 0) is 12.8 Å². The van der Waals surface area contributed by atoms with E-state index in [0.29, 0.717) is 30.8 Å². The second-order valence-corrected chi connectivity index (χ2v) is 3.28. The number of hydrogen-bond donors (Lipinski definition) is 2. The number of nitrogens with one attached hydrogen (secondary N) is 1. The molecule has 0 spiro atoms. The van der Waals surface area contributed by atoms with E-state index in [0.717, 1.165) is 0 Å². The fourth-order valence-corrected chi connectivity index (χ4v) is 1.06. The van der Waals surface area contributed by atoms with Crippen LogP contribution in [0.2, 0.25) is 0 Å². The standard InChI is InChI=1S/C8H13N5O/c9-8(12-6-1-2-6)10-4-3-7-11-5-14-13-7/h5-6H,1-4H2,(H3,9,10,12). The molecule has 6 nitrogen and oxygen atoms in total. The van der Waals surface area contributed by atoms with E-state index in [-0.39, 0.29) is 0 Å². The minimum atomic E-state index is 0.510. The number of guanidine groups is 1. The van der Waals surface area contributed by atoms with Crippen molar-refractivity contribution < 1.29 is 4.52 Å². The molecule has 1 fully saturated rings. The molecule has 0 bridgehead atoms. The predicted octanol–water partition coefficient (Wildman–Crippen LogP) is -0.321. The van der Waals surface area contributed by atoms with Crippen molar-refractivity contribution in [3.63, 3.8) is 0 Å². The molecule has 0 saturated heterocycles. The summed E-state index contributed by atoms with van der Waals surface area (Å²) in [6, 6.07) is 0.545. The summed E-state index contributed by atoms with van der Waals surface area (Å²) < 4.78 is 4.59. The summed E-state index contributed by atoms with van der Waals surface area (Å²) in [6.45, 7) is 0.588. The minimum absolute atomic E-state index is 0.510. The Bertz CT molecular complexity index is 304. The van der Waals surface area contributed by atoms with E-state index in [2.05, 4.69) is 25.0 Å². The average Bonchev–Trinajstić information content (AvgIpc) is 2.82. The zero-order valence-corrected chi connectivity index (χ0v) is 7.81. The Morgan fingerprint density at radius 3 is 3.21 bits per heavy atom. The van der Waals surface area contributed by atoms with Gasteiger partial charge in [0.05, 0.1) is 0 Å². The van der Waals surface area contributed by atoms with Gasteiger partial charge in [-0.25, -0.2) is 0 Å². The van der Waals surface area contributed by atoms with Crippen LogP contribution in [0.1, 0.15) is 18.7 Å². The Balaban J connectivity index is 1.69. The van der Waals surface area contributed by atoms with Crippen LogP contribution in [0.15, 0.2) is 15.9 Å². The highest BCUT2D eigenvalue weighted by molar-refractivity contribution is 5.78. The van der Waals surface area contributed by atoms with Gasteiger partial charge < -0.3 is 15.6 Å². The summed E-state index contributed by atoms with van der Waals surface area (Å²) in [4.78, 5) is 8.02. The summed E-state index contributed by atoms with van der Waals surface area (Å²) in [7, 11) is 0. The van der Waals surface area contributed by atoms with Gasteiger partial charge in [0, 0.05) is 19.0 Å². The molecular weight excluding hydrogens is 182 g/mol. The third kappa shape index (κ3) is 2.72. The van der Waals surface area contributed by atoms with E-state index < -0.39 is 0 Å². The van der Waals surface area contributed by atoms with Crippen LogP contribution >= 0.6 is 0 Å². The van der Waals surface area contributed by atoms with Crippen molar-refractivity contribution in [2.45, 2.75) is 25.3 Å². The number of aromatic nitrogens is 2. The molecule has 1 aromatic rings. The number of nitrogens with two attached hydrogens (primary N) is 1. The Morgan fingerprint density at radius 2 is 2.57 bits per heavy atom. The summed E-state index contributed by atoms with van der Waals surface area (Å²) in [5.41, 5.74) is 5.63. The van der Waals surface area contributed by atoms with E-state index >= 15 is 0 Å². The summed E-state index contributed by atoms with van der Waals surface area (Å²) in [5, 5.41) is 6.77. The number of aliphatic imine (C=N–C) groups is 1. The minimum Gasteiger partial charge on any atom is -0.370 e. The molecule has 1 aliphatic carbocycles. The molecule has 3 N–H and O–H groups in total. The molecule has 14 heavy (non-hydrogen) atoms. The third-order valence-corrected chi connectivity index (χ3v) is 1.95. The smallest absolute Gasteiger partial charge is 0.213 e. The maximum atomic E-state index is 5.63. The van der Waals surface area contributed by atoms with Crippen molar-refractivity contribution >= 4 is 5.96 Å². The Morgan fingerprint density at radius 1 is 1.71 bits per heavy atom. The van der Waals surface area contributed by atoms with Crippen molar-refractivity contribution in [2.24, 2.45) is 10.7 Å². The topological polar surface area (TPSA) is 89.3 Å². The van der Waals surface area contributed by atoms with Gasteiger partial charge in [0.2, 0.25) is 6.39 Å². The average molecular weight is 195 g/mol. The lowest BCUT2D eigenvalue weighted by molar-refractivity contribution is 0.410. The number of hydrogen-bond acceptors (Lipinski definition) is 4. The monoisotopic (exact) mass is 195 g/mol. The second-order valence-electron chi connectivity index (χ2n) is 3.28. The summed E-state index contributed by atoms with van der Waals surface area (Å²) in [6.07, 6.45) is 4.36. The van der Waals surface area contributed by atoms with E-state index in [1.54, 1.807) is 0 Å². The Labute approximate surface area is 81.6 Å². The largest absolute Gasteiger partial charge is 0.370 e. The normalized spacial score (nSPS) is 17.0. The molecule has 1 aromatic heterocycles. The van der Waals surface area contributed by atoms with Gasteiger partial charge in [0.1, 0.15) is 0 Å². The van der Waals surface area contributed by atoms with Crippen molar-refractivity contribution in [3.05, 3.63) is 12.2 Å². The van der Waals surface area contributed by atoms with Crippen LogP contribution in [-0.2, 0) is 6.42 Å². The van der Waals surface area contributed by atoms with Crippen LogP contribution < -0.4 is 11.1 Å². The lowest BCUT2D eigenvalue weighted by Gasteiger charge is -2.01. The molecule has 1 saturated carbocycles. The molecule has 0 aliphatic heterocycles. The quantitative estimate of drug-likeness (QED) is 0.507. The number of rotatable bonds is 4. The van der Waals surface area contributed by atoms with Gasteiger partial charge >= 0.3 is 0 Å². The van der Waals surface area contributed by atoms with Crippen LogP contribution in [0.25, 0.3) is 0 Å². The first kappa shape index (κ1) is 8.98. The molecule has 1 aliphatic rings. The van der Waals surface area contributed by atoms with Crippen LogP contribution in [0.5, 0.6) is 0 Å². The third-order valence-electron chi connectivity index (χ3n) is 1.95. The van der Waals surface area contributed by atoms with Crippen LogP contribution in [-0.4, -0.2) is 28.7 Å². The van der Waals surface area contributed by atoms with Crippen molar-refractivity contribution in [1.29, 1.82) is 0 Å². The van der Waals surface area contributed by atoms with Gasteiger partial charge in [-0.2, -0.15) is 4.98 Å². The highest BCUT2D eigenvalue weighted by Gasteiger charge is 2.21. The maximum absolute atomic E-state index is 5.63. The molecule has 0 aromatic carbocycles. The van der Waals surface area contributed by atoms with Gasteiger partial charge in [0.25, 0.3) is 0 Å². The molecule has 1 heterocycles. The zero-order valence-electron chi connectivity index (χ0n) is 7.81. The van der Waals surface area contributed by atoms with Crippen LogP contribution in [0, 0.1) is 0 Å². The molecule has 76 valence electrons. The first-order valence-corrected chi connectivity index (χ1v) is 4.66. The molecular formula is C8H13N5O. The lowest BCUT2D eigenvalue weighted by Crippen LogP contribution is -2.33. The molecule has 0 unspecified atom stereocenters. The second kappa shape index (κ2) is 4.08. The van der Waals surface area contributed by atoms with Gasteiger partial charge in [-0.1, -0.05) is 5.16 Å². The molecule has 0 amide bonds. The molecule has 0 radical (unpaired) electrons. The predicted molar refractivity (Wildman–Crippen MR) is 50.6 cm³/mol.